The quantitative estimate of drug-likeness (QED) is 0.198. The van der Waals surface area contributed by atoms with Gasteiger partial charge in [-0.2, -0.15) is 0 Å². The number of amides is 1. The van der Waals surface area contributed by atoms with Crippen molar-refractivity contribution in [2.75, 3.05) is 32.9 Å². The zero-order valence-electron chi connectivity index (χ0n) is 24.0. The molecule has 0 unspecified atom stereocenters. The van der Waals surface area contributed by atoms with Crippen LogP contribution in [0.15, 0.2) is 42.5 Å². The molecule has 228 valence electrons. The van der Waals surface area contributed by atoms with Crippen LogP contribution in [-0.2, 0) is 27.1 Å². The molecule has 0 spiro atoms. The lowest BCUT2D eigenvalue weighted by atomic mass is 9.98. The van der Waals surface area contributed by atoms with Gasteiger partial charge in [0.25, 0.3) is 0 Å². The molecule has 2 aromatic carbocycles. The molecule has 0 atom stereocenters. The summed E-state index contributed by atoms with van der Waals surface area (Å²) in [4.78, 5) is 36.3. The van der Waals surface area contributed by atoms with Gasteiger partial charge in [-0.05, 0) is 74.4 Å². The number of likely N-dealkylation sites (tertiary alicyclic amines) is 1. The van der Waals surface area contributed by atoms with E-state index in [1.165, 1.54) is 49.1 Å². The topological polar surface area (TPSA) is 132 Å². The molecule has 2 fully saturated rings. The minimum absolute atomic E-state index is 0.0503. The second-order valence-electron chi connectivity index (χ2n) is 10.9. The fourth-order valence-corrected chi connectivity index (χ4v) is 5.21. The van der Waals surface area contributed by atoms with Gasteiger partial charge < -0.3 is 34.1 Å². The van der Waals surface area contributed by atoms with Crippen LogP contribution in [-0.4, -0.2) is 78.3 Å². The summed E-state index contributed by atoms with van der Waals surface area (Å²) in [6.07, 6.45) is 8.30. The van der Waals surface area contributed by atoms with Gasteiger partial charge in [0.1, 0.15) is 17.6 Å². The Morgan fingerprint density at radius 1 is 0.810 bits per heavy atom. The number of rotatable bonds is 16. The Bertz CT molecular complexity index is 1170. The van der Waals surface area contributed by atoms with Crippen molar-refractivity contribution >= 4 is 18.0 Å². The number of aryl methyl sites for hydroxylation is 1. The van der Waals surface area contributed by atoms with Crippen molar-refractivity contribution < 1.29 is 43.5 Å². The van der Waals surface area contributed by atoms with Crippen LogP contribution in [0, 0.1) is 0 Å². The van der Waals surface area contributed by atoms with Crippen LogP contribution in [0.25, 0.3) is 0 Å². The summed E-state index contributed by atoms with van der Waals surface area (Å²) < 4.78 is 22.4. The lowest BCUT2D eigenvalue weighted by Gasteiger charge is -2.37. The average molecular weight is 584 g/mol. The first kappa shape index (κ1) is 31.2. The van der Waals surface area contributed by atoms with Gasteiger partial charge in [-0.25, -0.2) is 9.59 Å². The van der Waals surface area contributed by atoms with Crippen LogP contribution in [0.1, 0.15) is 72.9 Å². The first-order chi connectivity index (χ1) is 20.4. The standard InChI is InChI=1S/C32H41NO9/c34-30(33-21-28(22-33)42-32(37)38)20-25-19-24(31(35)36)12-15-29(25)41-18-6-7-23-10-13-27(14-11-23)40-17-5-4-16-39-26-8-2-1-3-9-26/h10-15,19,26,28H,1-9,16-18,20-22H2,(H,35,36)(H,37,38). The number of hydrogen-bond donors (Lipinski definition) is 2. The number of nitrogens with zero attached hydrogens (tertiary/aromatic N) is 1. The van der Waals surface area contributed by atoms with E-state index in [9.17, 15) is 19.5 Å². The minimum atomic E-state index is -1.37. The molecule has 0 radical (unpaired) electrons. The van der Waals surface area contributed by atoms with E-state index in [1.807, 2.05) is 24.3 Å². The molecule has 2 N–H and O–H groups in total. The third kappa shape index (κ3) is 9.94. The van der Waals surface area contributed by atoms with Crippen LogP contribution in [0.3, 0.4) is 0 Å². The molecule has 1 aliphatic carbocycles. The van der Waals surface area contributed by atoms with E-state index in [0.717, 1.165) is 43.6 Å². The molecule has 10 heteroatoms. The van der Waals surface area contributed by atoms with Gasteiger partial charge in [0.05, 0.1) is 44.4 Å². The molecule has 2 aliphatic rings. The zero-order chi connectivity index (χ0) is 29.7. The van der Waals surface area contributed by atoms with Crippen LogP contribution < -0.4 is 9.47 Å². The molecule has 1 saturated heterocycles. The van der Waals surface area contributed by atoms with E-state index in [4.69, 9.17) is 19.3 Å². The maximum absolute atomic E-state index is 12.7. The van der Waals surface area contributed by atoms with Crippen molar-refractivity contribution in [3.05, 3.63) is 59.2 Å². The summed E-state index contributed by atoms with van der Waals surface area (Å²) in [5.41, 5.74) is 1.69. The molecule has 1 heterocycles. The number of hydrogen-bond acceptors (Lipinski definition) is 7. The normalized spacial score (nSPS) is 15.6. The number of benzene rings is 2. The Morgan fingerprint density at radius 2 is 1.52 bits per heavy atom. The first-order valence-electron chi connectivity index (χ1n) is 14.9. The summed E-state index contributed by atoms with van der Waals surface area (Å²) in [5, 5.41) is 18.1. The number of carboxylic acid groups (broad SMARTS) is 2. The molecule has 2 aromatic rings. The Labute approximate surface area is 246 Å². The van der Waals surface area contributed by atoms with Gasteiger partial charge in [0.2, 0.25) is 5.91 Å². The number of unbranched alkanes of at least 4 members (excludes halogenated alkanes) is 1. The van der Waals surface area contributed by atoms with Crippen molar-refractivity contribution in [1.29, 1.82) is 0 Å². The summed E-state index contributed by atoms with van der Waals surface area (Å²) in [5.74, 6) is -0.0351. The molecular weight excluding hydrogens is 542 g/mol. The fourth-order valence-electron chi connectivity index (χ4n) is 5.21. The summed E-state index contributed by atoms with van der Waals surface area (Å²) in [7, 11) is 0. The predicted octanol–water partition coefficient (Wildman–Crippen LogP) is 5.35. The molecule has 0 bridgehead atoms. The lowest BCUT2D eigenvalue weighted by Crippen LogP contribution is -2.55. The second kappa shape index (κ2) is 16.0. The Hall–Kier alpha value is -3.79. The Balaban J connectivity index is 1.15. The van der Waals surface area contributed by atoms with Crippen molar-refractivity contribution in [3.63, 3.8) is 0 Å². The number of aromatic carboxylic acids is 1. The summed E-state index contributed by atoms with van der Waals surface area (Å²) >= 11 is 0. The van der Waals surface area contributed by atoms with Crippen LogP contribution in [0.5, 0.6) is 11.5 Å². The number of ether oxygens (including phenoxy) is 4. The highest BCUT2D eigenvalue weighted by molar-refractivity contribution is 5.89. The highest BCUT2D eigenvalue weighted by Gasteiger charge is 2.33. The predicted molar refractivity (Wildman–Crippen MR) is 154 cm³/mol. The van der Waals surface area contributed by atoms with Crippen LogP contribution in [0.2, 0.25) is 0 Å². The molecular formula is C32H41NO9. The third-order valence-electron chi connectivity index (χ3n) is 7.62. The second-order valence-corrected chi connectivity index (χ2v) is 10.9. The van der Waals surface area contributed by atoms with Crippen molar-refractivity contribution in [1.82, 2.24) is 4.90 Å². The Kier molecular flexibility index (Phi) is 11.9. The van der Waals surface area contributed by atoms with Gasteiger partial charge in [-0.1, -0.05) is 31.4 Å². The molecule has 0 aromatic heterocycles. The average Bonchev–Trinajstić information content (AvgIpc) is 2.96. The van der Waals surface area contributed by atoms with Crippen LogP contribution in [0.4, 0.5) is 4.79 Å². The van der Waals surface area contributed by atoms with Gasteiger partial charge in [0.15, 0.2) is 0 Å². The molecule has 1 aliphatic heterocycles. The molecule has 1 saturated carbocycles. The first-order valence-corrected chi connectivity index (χ1v) is 14.9. The fraction of sp³-hybridized carbons (Fsp3) is 0.531. The maximum atomic E-state index is 12.7. The Morgan fingerprint density at radius 3 is 2.24 bits per heavy atom. The van der Waals surface area contributed by atoms with Crippen molar-refractivity contribution in [2.24, 2.45) is 0 Å². The van der Waals surface area contributed by atoms with Gasteiger partial charge >= 0.3 is 12.1 Å². The smallest absolute Gasteiger partial charge is 0.494 e. The zero-order valence-corrected chi connectivity index (χ0v) is 24.0. The maximum Gasteiger partial charge on any atom is 0.506 e. The third-order valence-corrected chi connectivity index (χ3v) is 7.62. The van der Waals surface area contributed by atoms with E-state index in [0.29, 0.717) is 30.6 Å². The summed E-state index contributed by atoms with van der Waals surface area (Å²) in [6.45, 7) is 2.23. The monoisotopic (exact) mass is 583 g/mol. The van der Waals surface area contributed by atoms with Crippen LogP contribution >= 0.6 is 0 Å². The number of carboxylic acids is 1. The molecule has 42 heavy (non-hydrogen) atoms. The minimum Gasteiger partial charge on any atom is -0.494 e. The highest BCUT2D eigenvalue weighted by Crippen LogP contribution is 2.24. The van der Waals surface area contributed by atoms with E-state index in [2.05, 4.69) is 4.74 Å². The van der Waals surface area contributed by atoms with Gasteiger partial charge in [-0.3, -0.25) is 4.79 Å². The van der Waals surface area contributed by atoms with E-state index >= 15 is 0 Å². The lowest BCUT2D eigenvalue weighted by molar-refractivity contribution is -0.141. The van der Waals surface area contributed by atoms with Crippen molar-refractivity contribution in [3.8, 4) is 11.5 Å². The summed E-state index contributed by atoms with van der Waals surface area (Å²) in [6, 6.07) is 12.5. The van der Waals surface area contributed by atoms with Gasteiger partial charge in [-0.15, -0.1) is 0 Å². The van der Waals surface area contributed by atoms with Gasteiger partial charge in [0, 0.05) is 12.2 Å². The highest BCUT2D eigenvalue weighted by atomic mass is 16.7. The molecule has 1 amide bonds. The molecule has 10 nitrogen and oxygen atoms in total. The number of carbonyl (C=O) groups excluding carboxylic acids is 1. The van der Waals surface area contributed by atoms with E-state index < -0.39 is 18.2 Å². The van der Waals surface area contributed by atoms with E-state index in [1.54, 1.807) is 6.07 Å². The molecule has 4 rings (SSSR count). The van der Waals surface area contributed by atoms with Crippen molar-refractivity contribution in [2.45, 2.75) is 76.4 Å². The number of carbonyl (C=O) groups is 3. The largest absolute Gasteiger partial charge is 0.506 e. The van der Waals surface area contributed by atoms with E-state index in [-0.39, 0.29) is 31.0 Å². The SMILES string of the molecule is O=C(O)OC1CN(C(=O)Cc2cc(C(=O)O)ccc2OCCCc2ccc(OCCCCOC3CCCCC3)cc2)C1.